The maximum Gasteiger partial charge on any atom is 0.224 e. The summed E-state index contributed by atoms with van der Waals surface area (Å²) in [5, 5.41) is 7.10. The molecule has 19 heavy (non-hydrogen) atoms. The first-order valence-electron chi connectivity index (χ1n) is 6.40. The third-order valence-electron chi connectivity index (χ3n) is 2.79. The molecule has 0 fully saturated rings. The summed E-state index contributed by atoms with van der Waals surface area (Å²) in [5.74, 6) is 0.00746. The van der Waals surface area contributed by atoms with Crippen molar-refractivity contribution in [2.75, 3.05) is 11.9 Å². The standard InChI is InChI=1S/C14H18N4O/c15-9-4-3-8-14(19)17-12-6-1-2-7-13(12)18-11-5-10-16-18/h1-2,5-7,10-11H,3-4,8-9,15H2,(H,17,19). The number of hydrogen-bond acceptors (Lipinski definition) is 3. The Kier molecular flexibility index (Phi) is 4.69. The molecule has 2 rings (SSSR count). The van der Waals surface area contributed by atoms with Crippen molar-refractivity contribution in [2.24, 2.45) is 5.73 Å². The van der Waals surface area contributed by atoms with Crippen molar-refractivity contribution in [3.63, 3.8) is 0 Å². The minimum absolute atomic E-state index is 0.00746. The first-order valence-corrected chi connectivity index (χ1v) is 6.40. The number of nitrogens with two attached hydrogens (primary N) is 1. The molecule has 0 saturated heterocycles. The Morgan fingerprint density at radius 2 is 2.11 bits per heavy atom. The molecule has 0 radical (unpaired) electrons. The van der Waals surface area contributed by atoms with Gasteiger partial charge in [0.25, 0.3) is 0 Å². The third-order valence-corrected chi connectivity index (χ3v) is 2.79. The summed E-state index contributed by atoms with van der Waals surface area (Å²) in [4.78, 5) is 11.8. The number of rotatable bonds is 6. The molecule has 0 atom stereocenters. The van der Waals surface area contributed by atoms with E-state index in [0.29, 0.717) is 13.0 Å². The van der Waals surface area contributed by atoms with Crippen LogP contribution in [0.25, 0.3) is 5.69 Å². The van der Waals surface area contributed by atoms with Crippen molar-refractivity contribution in [3.8, 4) is 5.69 Å². The zero-order valence-corrected chi connectivity index (χ0v) is 10.7. The van der Waals surface area contributed by atoms with Gasteiger partial charge in [-0.05, 0) is 37.6 Å². The molecule has 1 aromatic heterocycles. The molecule has 1 aromatic carbocycles. The van der Waals surface area contributed by atoms with Gasteiger partial charge >= 0.3 is 0 Å². The summed E-state index contributed by atoms with van der Waals surface area (Å²) in [5.41, 5.74) is 7.04. The Balaban J connectivity index is 2.06. The number of carbonyl (C=O) groups is 1. The van der Waals surface area contributed by atoms with Gasteiger partial charge in [0.15, 0.2) is 0 Å². The Morgan fingerprint density at radius 3 is 2.84 bits per heavy atom. The first kappa shape index (κ1) is 13.3. The lowest BCUT2D eigenvalue weighted by atomic mass is 10.2. The van der Waals surface area contributed by atoms with Gasteiger partial charge in [-0.3, -0.25) is 4.79 Å². The van der Waals surface area contributed by atoms with Crippen LogP contribution in [0.5, 0.6) is 0 Å². The Hall–Kier alpha value is -2.14. The van der Waals surface area contributed by atoms with Crippen LogP contribution in [0.4, 0.5) is 5.69 Å². The van der Waals surface area contributed by atoms with Gasteiger partial charge in [0.05, 0.1) is 11.4 Å². The number of nitrogens with zero attached hydrogens (tertiary/aromatic N) is 2. The van der Waals surface area contributed by atoms with E-state index in [4.69, 9.17) is 5.73 Å². The highest BCUT2D eigenvalue weighted by molar-refractivity contribution is 5.92. The molecule has 1 amide bonds. The maximum atomic E-state index is 11.8. The number of anilines is 1. The molecule has 0 saturated carbocycles. The molecule has 100 valence electrons. The van der Waals surface area contributed by atoms with Crippen LogP contribution < -0.4 is 11.1 Å². The van der Waals surface area contributed by atoms with Crippen LogP contribution >= 0.6 is 0 Å². The third kappa shape index (κ3) is 3.66. The van der Waals surface area contributed by atoms with Gasteiger partial charge in [0, 0.05) is 18.8 Å². The predicted octanol–water partition coefficient (Wildman–Crippen LogP) is 1.94. The summed E-state index contributed by atoms with van der Waals surface area (Å²) < 4.78 is 1.73. The summed E-state index contributed by atoms with van der Waals surface area (Å²) in [7, 11) is 0. The second kappa shape index (κ2) is 6.70. The second-order valence-electron chi connectivity index (χ2n) is 4.26. The number of hydrogen-bond donors (Lipinski definition) is 2. The normalized spacial score (nSPS) is 10.4. The fourth-order valence-electron chi connectivity index (χ4n) is 1.83. The van der Waals surface area contributed by atoms with Crippen molar-refractivity contribution in [2.45, 2.75) is 19.3 Å². The lowest BCUT2D eigenvalue weighted by Gasteiger charge is -2.10. The molecule has 0 unspecified atom stereocenters. The van der Waals surface area contributed by atoms with Gasteiger partial charge in [0.1, 0.15) is 0 Å². The van der Waals surface area contributed by atoms with E-state index in [1.54, 1.807) is 10.9 Å². The second-order valence-corrected chi connectivity index (χ2v) is 4.26. The molecule has 5 nitrogen and oxygen atoms in total. The van der Waals surface area contributed by atoms with E-state index in [2.05, 4.69) is 10.4 Å². The van der Waals surface area contributed by atoms with Crippen molar-refractivity contribution in [1.82, 2.24) is 9.78 Å². The minimum Gasteiger partial charge on any atom is -0.330 e. The van der Waals surface area contributed by atoms with Crippen LogP contribution in [-0.4, -0.2) is 22.2 Å². The fraction of sp³-hybridized carbons (Fsp3) is 0.286. The molecule has 0 bridgehead atoms. The van der Waals surface area contributed by atoms with Crippen LogP contribution in [0.3, 0.4) is 0 Å². The van der Waals surface area contributed by atoms with E-state index < -0.39 is 0 Å². The van der Waals surface area contributed by atoms with Crippen LogP contribution in [0.15, 0.2) is 42.7 Å². The summed E-state index contributed by atoms with van der Waals surface area (Å²) in [6.07, 6.45) is 5.73. The molecule has 0 aliphatic carbocycles. The summed E-state index contributed by atoms with van der Waals surface area (Å²) in [6, 6.07) is 9.45. The summed E-state index contributed by atoms with van der Waals surface area (Å²) >= 11 is 0. The number of para-hydroxylation sites is 2. The molecule has 1 heterocycles. The van der Waals surface area contributed by atoms with Gasteiger partial charge in [-0.2, -0.15) is 5.10 Å². The highest BCUT2D eigenvalue weighted by Gasteiger charge is 2.07. The molecular formula is C14H18N4O. The monoisotopic (exact) mass is 258 g/mol. The van der Waals surface area contributed by atoms with Gasteiger partial charge in [-0.15, -0.1) is 0 Å². The smallest absolute Gasteiger partial charge is 0.224 e. The number of amides is 1. The predicted molar refractivity (Wildman–Crippen MR) is 75.1 cm³/mol. The van der Waals surface area contributed by atoms with Gasteiger partial charge in [0.2, 0.25) is 5.91 Å². The zero-order valence-electron chi connectivity index (χ0n) is 10.7. The highest BCUT2D eigenvalue weighted by Crippen LogP contribution is 2.19. The number of unbranched alkanes of at least 4 members (excludes halogenated alkanes) is 1. The molecule has 2 aromatic rings. The van der Waals surface area contributed by atoms with Gasteiger partial charge < -0.3 is 11.1 Å². The Bertz CT molecular complexity index is 522. The Labute approximate surface area is 112 Å². The van der Waals surface area contributed by atoms with Crippen LogP contribution in [0.2, 0.25) is 0 Å². The van der Waals surface area contributed by atoms with Crippen LogP contribution in [0, 0.1) is 0 Å². The molecular weight excluding hydrogens is 240 g/mol. The topological polar surface area (TPSA) is 72.9 Å². The van der Waals surface area contributed by atoms with Crippen molar-refractivity contribution < 1.29 is 4.79 Å². The minimum atomic E-state index is 0.00746. The van der Waals surface area contributed by atoms with E-state index in [0.717, 1.165) is 24.2 Å². The van der Waals surface area contributed by atoms with E-state index in [1.807, 2.05) is 36.5 Å². The van der Waals surface area contributed by atoms with E-state index in [9.17, 15) is 4.79 Å². The van der Waals surface area contributed by atoms with E-state index >= 15 is 0 Å². The maximum absolute atomic E-state index is 11.8. The molecule has 0 aliphatic rings. The largest absolute Gasteiger partial charge is 0.330 e. The average Bonchev–Trinajstić information content (AvgIpc) is 2.93. The number of carbonyl (C=O) groups excluding carboxylic acids is 1. The summed E-state index contributed by atoms with van der Waals surface area (Å²) in [6.45, 7) is 0.622. The number of nitrogens with one attached hydrogen (secondary N) is 1. The molecule has 0 aliphatic heterocycles. The Morgan fingerprint density at radius 1 is 1.26 bits per heavy atom. The molecule has 0 spiro atoms. The van der Waals surface area contributed by atoms with Gasteiger partial charge in [-0.25, -0.2) is 4.68 Å². The average molecular weight is 258 g/mol. The SMILES string of the molecule is NCCCCC(=O)Nc1ccccc1-n1cccn1. The van der Waals surface area contributed by atoms with Crippen molar-refractivity contribution in [3.05, 3.63) is 42.7 Å². The molecule has 5 heteroatoms. The quantitative estimate of drug-likeness (QED) is 0.778. The first-order chi connectivity index (χ1) is 9.31. The number of benzene rings is 1. The van der Waals surface area contributed by atoms with Crippen LogP contribution in [0.1, 0.15) is 19.3 Å². The zero-order chi connectivity index (χ0) is 13.5. The van der Waals surface area contributed by atoms with Crippen molar-refractivity contribution >= 4 is 11.6 Å². The number of aromatic nitrogens is 2. The fourth-order valence-corrected chi connectivity index (χ4v) is 1.83. The van der Waals surface area contributed by atoms with Crippen LogP contribution in [-0.2, 0) is 4.79 Å². The van der Waals surface area contributed by atoms with E-state index in [1.165, 1.54) is 0 Å². The molecule has 3 N–H and O–H groups in total. The van der Waals surface area contributed by atoms with Gasteiger partial charge in [-0.1, -0.05) is 12.1 Å². The highest BCUT2D eigenvalue weighted by atomic mass is 16.1. The lowest BCUT2D eigenvalue weighted by Crippen LogP contribution is -2.14. The lowest BCUT2D eigenvalue weighted by molar-refractivity contribution is -0.116. The van der Waals surface area contributed by atoms with E-state index in [-0.39, 0.29) is 5.91 Å². The van der Waals surface area contributed by atoms with Crippen molar-refractivity contribution in [1.29, 1.82) is 0 Å².